The van der Waals surface area contributed by atoms with E-state index < -0.39 is 0 Å². The van der Waals surface area contributed by atoms with Crippen molar-refractivity contribution < 1.29 is 14.3 Å². The summed E-state index contributed by atoms with van der Waals surface area (Å²) in [6.07, 6.45) is 4.61. The Hall–Kier alpha value is -2.53. The van der Waals surface area contributed by atoms with E-state index in [0.29, 0.717) is 12.5 Å². The first-order valence-corrected chi connectivity index (χ1v) is 12.5. The van der Waals surface area contributed by atoms with E-state index >= 15 is 0 Å². The molecule has 2 atom stereocenters. The lowest BCUT2D eigenvalue weighted by Gasteiger charge is -2.44. The molecule has 1 amide bonds. The average Bonchev–Trinajstić information content (AvgIpc) is 3.67. The highest BCUT2D eigenvalue weighted by atomic mass is 16.6. The van der Waals surface area contributed by atoms with Gasteiger partial charge in [0.15, 0.2) is 0 Å². The number of carbonyl (C=O) groups is 1. The lowest BCUT2D eigenvalue weighted by atomic mass is 9.78. The summed E-state index contributed by atoms with van der Waals surface area (Å²) in [5, 5.41) is 3.20. The zero-order valence-electron chi connectivity index (χ0n) is 19.7. The molecule has 2 aromatic carbocycles. The van der Waals surface area contributed by atoms with Crippen LogP contribution in [0, 0.1) is 11.3 Å². The van der Waals surface area contributed by atoms with Gasteiger partial charge < -0.3 is 14.8 Å². The Kier molecular flexibility index (Phi) is 5.13. The molecule has 0 spiro atoms. The fourth-order valence-electron chi connectivity index (χ4n) is 5.82. The van der Waals surface area contributed by atoms with Crippen LogP contribution >= 0.6 is 0 Å². The van der Waals surface area contributed by atoms with Crippen molar-refractivity contribution in [3.8, 4) is 16.9 Å². The number of fused-ring (bicyclic) bond motifs is 4. The van der Waals surface area contributed by atoms with Crippen molar-refractivity contribution in [3.05, 3.63) is 53.6 Å². The third kappa shape index (κ3) is 4.12. The van der Waals surface area contributed by atoms with Crippen LogP contribution in [0.5, 0.6) is 5.75 Å². The molecule has 5 nitrogen and oxygen atoms in total. The van der Waals surface area contributed by atoms with Crippen LogP contribution in [0.3, 0.4) is 0 Å². The lowest BCUT2D eigenvalue weighted by Crippen LogP contribution is -2.53. The molecular weight excluding hydrogens is 412 g/mol. The van der Waals surface area contributed by atoms with E-state index in [-0.39, 0.29) is 23.7 Å². The third-order valence-corrected chi connectivity index (χ3v) is 8.12. The second-order valence-corrected chi connectivity index (χ2v) is 11.1. The lowest BCUT2D eigenvalue weighted by molar-refractivity contribution is -0.0361. The van der Waals surface area contributed by atoms with Crippen LogP contribution in [0.2, 0.25) is 0 Å². The predicted octanol–water partition coefficient (Wildman–Crippen LogP) is 5.51. The van der Waals surface area contributed by atoms with Crippen molar-refractivity contribution in [2.45, 2.75) is 57.6 Å². The minimum Gasteiger partial charge on any atom is -0.493 e. The molecule has 2 bridgehead atoms. The van der Waals surface area contributed by atoms with Crippen molar-refractivity contribution in [2.75, 3.05) is 26.2 Å². The summed E-state index contributed by atoms with van der Waals surface area (Å²) in [4.78, 5) is 15.3. The average molecular weight is 447 g/mol. The SMILES string of the molecule is CC1(C)COc2cc(-c3ccc(C4CC4)cc3)ccc2C1NC(=O)O[C@H]1CN2CCC1CC2. The number of benzene rings is 2. The van der Waals surface area contributed by atoms with Crippen LogP contribution < -0.4 is 10.1 Å². The van der Waals surface area contributed by atoms with Crippen LogP contribution in [0.4, 0.5) is 4.79 Å². The van der Waals surface area contributed by atoms with Crippen molar-refractivity contribution in [1.29, 1.82) is 0 Å². The molecule has 1 N–H and O–H groups in total. The molecule has 5 heteroatoms. The molecule has 2 aromatic rings. The standard InChI is InChI=1S/C28H34N2O3/c1-28(2)17-32-24-15-22(20-7-5-19(6-8-20)18-3-4-18)9-10-23(24)26(28)29-27(31)33-25-16-30-13-11-21(25)12-14-30/h5-10,15,18,21,25-26H,3-4,11-14,16-17H2,1-2H3,(H,29,31)/t25-,26?/m0/s1. The number of ether oxygens (including phenoxy) is 2. The Morgan fingerprint density at radius 3 is 2.42 bits per heavy atom. The van der Waals surface area contributed by atoms with Gasteiger partial charge in [-0.25, -0.2) is 4.79 Å². The van der Waals surface area contributed by atoms with Crippen LogP contribution in [0.25, 0.3) is 11.1 Å². The molecule has 174 valence electrons. The molecule has 5 aliphatic rings. The smallest absolute Gasteiger partial charge is 0.407 e. The van der Waals surface area contributed by atoms with E-state index in [1.54, 1.807) is 0 Å². The topological polar surface area (TPSA) is 50.8 Å². The first-order valence-electron chi connectivity index (χ1n) is 12.5. The maximum atomic E-state index is 12.9. The van der Waals surface area contributed by atoms with Gasteiger partial charge in [-0.05, 0) is 73.4 Å². The molecule has 7 rings (SSSR count). The summed E-state index contributed by atoms with van der Waals surface area (Å²) in [5.74, 6) is 2.12. The fraction of sp³-hybridized carbons (Fsp3) is 0.536. The van der Waals surface area contributed by atoms with Crippen LogP contribution in [0.1, 0.15) is 62.6 Å². The van der Waals surface area contributed by atoms with E-state index in [2.05, 4.69) is 66.5 Å². The van der Waals surface area contributed by atoms with Gasteiger partial charge in [-0.15, -0.1) is 0 Å². The summed E-state index contributed by atoms with van der Waals surface area (Å²) in [6.45, 7) is 7.97. The van der Waals surface area contributed by atoms with Gasteiger partial charge in [0, 0.05) is 17.5 Å². The first kappa shape index (κ1) is 21.0. The number of piperidine rings is 3. The highest BCUT2D eigenvalue weighted by Crippen LogP contribution is 2.45. The summed E-state index contributed by atoms with van der Waals surface area (Å²) >= 11 is 0. The molecular formula is C28H34N2O3. The Morgan fingerprint density at radius 1 is 1.03 bits per heavy atom. The summed E-state index contributed by atoms with van der Waals surface area (Å²) in [6, 6.07) is 15.1. The predicted molar refractivity (Wildman–Crippen MR) is 128 cm³/mol. The monoisotopic (exact) mass is 446 g/mol. The molecule has 1 unspecified atom stereocenters. The highest BCUT2D eigenvalue weighted by Gasteiger charge is 2.41. The third-order valence-electron chi connectivity index (χ3n) is 8.12. The molecule has 4 aliphatic heterocycles. The second-order valence-electron chi connectivity index (χ2n) is 11.1. The van der Waals surface area contributed by atoms with Crippen molar-refractivity contribution in [1.82, 2.24) is 10.2 Å². The van der Waals surface area contributed by atoms with Crippen molar-refractivity contribution >= 4 is 6.09 Å². The Labute approximate surface area is 196 Å². The van der Waals surface area contributed by atoms with Gasteiger partial charge in [-0.3, -0.25) is 4.90 Å². The number of nitrogens with zero attached hydrogens (tertiary/aromatic N) is 1. The van der Waals surface area contributed by atoms with Gasteiger partial charge in [0.1, 0.15) is 11.9 Å². The first-order chi connectivity index (χ1) is 16.0. The van der Waals surface area contributed by atoms with E-state index in [9.17, 15) is 4.79 Å². The van der Waals surface area contributed by atoms with E-state index in [0.717, 1.165) is 55.3 Å². The van der Waals surface area contributed by atoms with Gasteiger partial charge in [0.2, 0.25) is 0 Å². The Bertz CT molecular complexity index is 1040. The van der Waals surface area contributed by atoms with E-state index in [4.69, 9.17) is 9.47 Å². The summed E-state index contributed by atoms with van der Waals surface area (Å²) < 4.78 is 12.1. The molecule has 0 aromatic heterocycles. The molecule has 33 heavy (non-hydrogen) atoms. The Morgan fingerprint density at radius 2 is 1.76 bits per heavy atom. The number of alkyl carbamates (subject to hydrolysis) is 1. The highest BCUT2D eigenvalue weighted by molar-refractivity contribution is 5.70. The number of hydrogen-bond donors (Lipinski definition) is 1. The normalized spacial score (nSPS) is 29.6. The Balaban J connectivity index is 1.20. The molecule has 1 saturated carbocycles. The van der Waals surface area contributed by atoms with Gasteiger partial charge in [0.25, 0.3) is 0 Å². The second kappa shape index (κ2) is 8.05. The van der Waals surface area contributed by atoms with Crippen molar-refractivity contribution in [2.24, 2.45) is 11.3 Å². The quantitative estimate of drug-likeness (QED) is 0.673. The van der Waals surface area contributed by atoms with Crippen LogP contribution in [-0.2, 0) is 4.74 Å². The maximum Gasteiger partial charge on any atom is 0.407 e. The summed E-state index contributed by atoms with van der Waals surface area (Å²) in [7, 11) is 0. The maximum absolute atomic E-state index is 12.9. The number of hydrogen-bond acceptors (Lipinski definition) is 4. The molecule has 0 radical (unpaired) electrons. The minimum absolute atomic E-state index is 0.0101. The van der Waals surface area contributed by atoms with Crippen molar-refractivity contribution in [3.63, 3.8) is 0 Å². The zero-order valence-corrected chi connectivity index (χ0v) is 19.7. The van der Waals surface area contributed by atoms with E-state index in [1.807, 2.05) is 0 Å². The fourth-order valence-corrected chi connectivity index (χ4v) is 5.82. The van der Waals surface area contributed by atoms with E-state index in [1.165, 1.54) is 24.0 Å². The van der Waals surface area contributed by atoms with Gasteiger partial charge >= 0.3 is 6.09 Å². The van der Waals surface area contributed by atoms with Gasteiger partial charge in [-0.2, -0.15) is 0 Å². The van der Waals surface area contributed by atoms with Crippen LogP contribution in [-0.4, -0.2) is 43.3 Å². The molecule has 1 aliphatic carbocycles. The summed E-state index contributed by atoms with van der Waals surface area (Å²) in [5.41, 5.74) is 4.58. The van der Waals surface area contributed by atoms with Gasteiger partial charge in [-0.1, -0.05) is 50.2 Å². The minimum atomic E-state index is -0.306. The molecule has 3 saturated heterocycles. The zero-order chi connectivity index (χ0) is 22.6. The molecule has 4 heterocycles. The number of rotatable bonds is 4. The largest absolute Gasteiger partial charge is 0.493 e. The number of amides is 1. The number of nitrogens with one attached hydrogen (secondary N) is 1. The van der Waals surface area contributed by atoms with Crippen LogP contribution in [0.15, 0.2) is 42.5 Å². The number of carbonyl (C=O) groups excluding carboxylic acids is 1. The molecule has 4 fully saturated rings. The van der Waals surface area contributed by atoms with Gasteiger partial charge in [0.05, 0.1) is 12.6 Å².